The summed E-state index contributed by atoms with van der Waals surface area (Å²) in [5.41, 5.74) is 0. The van der Waals surface area contributed by atoms with E-state index in [2.05, 4.69) is 21.3 Å². The average molecular weight is 1220 g/mol. The number of likely N-dealkylation sites (N-methyl/N-ethyl adjacent to an activating group) is 7. The lowest BCUT2D eigenvalue weighted by molar-refractivity contribution is -0.157. The molecule has 0 bridgehead atoms. The molecule has 492 valence electrons. The van der Waals surface area contributed by atoms with E-state index >= 15 is 9.59 Å². The summed E-state index contributed by atoms with van der Waals surface area (Å²) in [7, 11) is 10.1. The largest absolute Gasteiger partial charge is 0.390 e. The van der Waals surface area contributed by atoms with Gasteiger partial charge in [0.25, 0.3) is 0 Å². The molecule has 1 saturated heterocycles. The van der Waals surface area contributed by atoms with Gasteiger partial charge in [0.1, 0.15) is 60.4 Å². The van der Waals surface area contributed by atoms with Gasteiger partial charge in [0.2, 0.25) is 65.0 Å². The highest BCUT2D eigenvalue weighted by atomic mass is 16.3. The lowest BCUT2D eigenvalue weighted by atomic mass is 9.91. The Hall–Kier alpha value is -6.13. The molecule has 1 fully saturated rings. The lowest BCUT2D eigenvalue weighted by Crippen LogP contribution is -2.63. The number of aliphatic hydroxyl groups excluding tert-OH is 1. The number of aliphatic hydroxyl groups is 1. The summed E-state index contributed by atoms with van der Waals surface area (Å²) in [5.74, 6) is -9.21. The van der Waals surface area contributed by atoms with Crippen LogP contribution < -0.4 is 21.3 Å². The smallest absolute Gasteiger partial charge is 0.246 e. The molecule has 5 N–H and O–H groups in total. The number of carbonyl (C=O) groups excluding carboxylic acids is 11. The zero-order chi connectivity index (χ0) is 66.7. The molecule has 0 aliphatic carbocycles. The highest BCUT2D eigenvalue weighted by Crippen LogP contribution is 2.26. The van der Waals surface area contributed by atoms with E-state index < -0.39 is 149 Å². The molecule has 0 unspecified atom stereocenters. The number of nitrogens with zero attached hydrogens (tertiary/aromatic N) is 7. The number of hydrogen-bond donors (Lipinski definition) is 5. The van der Waals surface area contributed by atoms with Crippen molar-refractivity contribution >= 4 is 65.0 Å². The molecule has 1 aliphatic heterocycles. The van der Waals surface area contributed by atoms with Crippen molar-refractivity contribution in [1.29, 1.82) is 0 Å². The zero-order valence-electron chi connectivity index (χ0n) is 56.8. The molecule has 0 spiro atoms. The summed E-state index contributed by atoms with van der Waals surface area (Å²) in [4.78, 5) is 169. The van der Waals surface area contributed by atoms with Gasteiger partial charge in [0.15, 0.2) is 0 Å². The standard InChI is InChI=1S/C63H113N11O12/c1-25-27-28-41(15)53(76)52-57(80)66-44(26-2)59(82)68(18)30-29-49(75)69(19)45(31-35(3)4)56(79)67-50(39(11)12)62(85)70(20)46(32-36(5)6)55(78)64-42(16)54(77)65-43(17)58(81)71(21)47(33-37(7)8)60(83)72(22)48(34-38(9)10)61(84)73(23)51(40(13)14)63(86)74(52)24/h25,27,35-48,50-53,76H,26,28-34H2,1-24H3,(H,64,78)(H,65,77)(H,66,80)(H,67,79)/t41-,42-,43+,44-,45+,46-,47-,48-,50-,51-,52-,53-/m1/s1. The first-order valence-corrected chi connectivity index (χ1v) is 31.1. The molecule has 86 heavy (non-hydrogen) atoms. The van der Waals surface area contributed by atoms with Crippen LogP contribution in [-0.2, 0) is 52.7 Å². The Labute approximate surface area is 515 Å². The van der Waals surface area contributed by atoms with E-state index in [1.54, 1.807) is 47.6 Å². The number of amides is 11. The second kappa shape index (κ2) is 35.6. The van der Waals surface area contributed by atoms with Gasteiger partial charge in [0.05, 0.1) is 6.10 Å². The third-order valence-electron chi connectivity index (χ3n) is 16.4. The fourth-order valence-corrected chi connectivity index (χ4v) is 10.8. The van der Waals surface area contributed by atoms with Gasteiger partial charge in [-0.05, 0) is 101 Å². The Morgan fingerprint density at radius 3 is 1.34 bits per heavy atom. The van der Waals surface area contributed by atoms with Crippen LogP contribution in [0.25, 0.3) is 0 Å². The van der Waals surface area contributed by atoms with E-state index in [0.29, 0.717) is 6.42 Å². The number of hydrogen-bond acceptors (Lipinski definition) is 12. The van der Waals surface area contributed by atoms with Gasteiger partial charge in [-0.25, -0.2) is 0 Å². The summed E-state index contributed by atoms with van der Waals surface area (Å²) in [6.45, 7) is 29.9. The Morgan fingerprint density at radius 2 is 0.884 bits per heavy atom. The first-order valence-electron chi connectivity index (χ1n) is 31.1. The maximum Gasteiger partial charge on any atom is 0.246 e. The highest BCUT2D eigenvalue weighted by molar-refractivity contribution is 5.99. The van der Waals surface area contributed by atoms with Crippen molar-refractivity contribution in [3.05, 3.63) is 12.2 Å². The monoisotopic (exact) mass is 1220 g/mol. The Bertz CT molecular complexity index is 2340. The van der Waals surface area contributed by atoms with Crippen LogP contribution in [0.3, 0.4) is 0 Å². The second-order valence-corrected chi connectivity index (χ2v) is 26.4. The van der Waals surface area contributed by atoms with E-state index in [1.807, 2.05) is 68.4 Å². The first kappa shape index (κ1) is 77.9. The summed E-state index contributed by atoms with van der Waals surface area (Å²) in [5, 5.41) is 23.1. The third kappa shape index (κ3) is 21.9. The molecule has 0 radical (unpaired) electrons. The van der Waals surface area contributed by atoms with Gasteiger partial charge in [-0.1, -0.05) is 109 Å². The van der Waals surface area contributed by atoms with Crippen LogP contribution in [0.15, 0.2) is 12.2 Å². The van der Waals surface area contributed by atoms with Gasteiger partial charge in [-0.2, -0.15) is 0 Å². The molecule has 1 rings (SSSR count). The molecule has 0 aromatic heterocycles. The minimum Gasteiger partial charge on any atom is -0.390 e. The Morgan fingerprint density at radius 1 is 0.465 bits per heavy atom. The molecule has 1 aliphatic rings. The normalized spacial score (nSPS) is 26.9. The van der Waals surface area contributed by atoms with E-state index in [1.165, 1.54) is 92.6 Å². The second-order valence-electron chi connectivity index (χ2n) is 26.4. The average Bonchev–Trinajstić information content (AvgIpc) is 1.64. The van der Waals surface area contributed by atoms with Gasteiger partial charge < -0.3 is 60.7 Å². The van der Waals surface area contributed by atoms with Gasteiger partial charge in [-0.3, -0.25) is 52.7 Å². The maximum absolute atomic E-state index is 15.1. The van der Waals surface area contributed by atoms with Gasteiger partial charge in [-0.15, -0.1) is 0 Å². The molecule has 23 heteroatoms. The van der Waals surface area contributed by atoms with Crippen LogP contribution in [0.1, 0.15) is 163 Å². The molecular formula is C63H113N11O12. The Kier molecular flexibility index (Phi) is 32.3. The SMILES string of the molecule is CC=CC[C@@H](C)[C@@H](O)[C@@H]1C(=O)N[C@H](CC)C(=O)N(C)CCC(=O)N(C)[C@@H](CC(C)C)C(=O)N[C@H](C(C)C)C(=O)N(C)[C@H](CC(C)C)C(=O)N[C@H](C)C(=O)N[C@@H](C)C(=O)N(C)[C@H](CC(C)C)C(=O)N(C)[C@H](CC(C)C)C(=O)N(C)[C@H](C(C)C)C(=O)N1C. The lowest BCUT2D eigenvalue weighted by Gasteiger charge is -2.41. The van der Waals surface area contributed by atoms with E-state index in [-0.39, 0.29) is 68.7 Å². The van der Waals surface area contributed by atoms with Crippen LogP contribution in [-0.4, -0.2) is 227 Å². The number of nitrogens with one attached hydrogen (secondary N) is 4. The fourth-order valence-electron chi connectivity index (χ4n) is 10.8. The molecule has 12 atom stereocenters. The summed E-state index contributed by atoms with van der Waals surface area (Å²) in [6.07, 6.45) is 2.98. The van der Waals surface area contributed by atoms with Crippen molar-refractivity contribution in [1.82, 2.24) is 55.6 Å². The summed E-state index contributed by atoms with van der Waals surface area (Å²) >= 11 is 0. The van der Waals surface area contributed by atoms with Crippen LogP contribution in [0.2, 0.25) is 0 Å². The maximum atomic E-state index is 15.1. The number of allylic oxidation sites excluding steroid dienone is 2. The number of rotatable bonds is 15. The van der Waals surface area contributed by atoms with E-state index in [4.69, 9.17) is 0 Å². The number of carbonyl (C=O) groups is 11. The molecule has 1 heterocycles. The Balaban J connectivity index is 4.27. The van der Waals surface area contributed by atoms with Crippen molar-refractivity contribution in [2.75, 3.05) is 55.9 Å². The van der Waals surface area contributed by atoms with Gasteiger partial charge >= 0.3 is 0 Å². The molecule has 0 aromatic rings. The van der Waals surface area contributed by atoms with Crippen molar-refractivity contribution in [3.8, 4) is 0 Å². The summed E-state index contributed by atoms with van der Waals surface area (Å²) in [6, 6.07) is -12.1. The van der Waals surface area contributed by atoms with Crippen LogP contribution in [0.4, 0.5) is 0 Å². The third-order valence-corrected chi connectivity index (χ3v) is 16.4. The molecule has 0 saturated carbocycles. The predicted octanol–water partition coefficient (Wildman–Crippen LogP) is 3.66. The minimum absolute atomic E-state index is 0.0772. The van der Waals surface area contributed by atoms with E-state index in [9.17, 15) is 48.3 Å². The molecule has 23 nitrogen and oxygen atoms in total. The quantitative estimate of drug-likeness (QED) is 0.147. The highest BCUT2D eigenvalue weighted by Gasteiger charge is 2.45. The van der Waals surface area contributed by atoms with Crippen LogP contribution in [0, 0.1) is 41.4 Å². The molecule has 0 aromatic carbocycles. The first-order chi connectivity index (χ1) is 39.7. The van der Waals surface area contributed by atoms with Crippen LogP contribution in [0.5, 0.6) is 0 Å². The van der Waals surface area contributed by atoms with Crippen molar-refractivity contribution < 1.29 is 57.8 Å². The molecular weight excluding hydrogens is 1100 g/mol. The zero-order valence-corrected chi connectivity index (χ0v) is 56.8. The summed E-state index contributed by atoms with van der Waals surface area (Å²) < 4.78 is 0. The van der Waals surface area contributed by atoms with Crippen LogP contribution >= 0.6 is 0 Å². The topological polar surface area (TPSA) is 279 Å². The van der Waals surface area contributed by atoms with Gasteiger partial charge in [0, 0.05) is 62.3 Å². The van der Waals surface area contributed by atoms with Crippen molar-refractivity contribution in [2.45, 2.75) is 229 Å². The predicted molar refractivity (Wildman–Crippen MR) is 333 cm³/mol. The van der Waals surface area contributed by atoms with E-state index in [0.717, 1.165) is 4.90 Å². The minimum atomic E-state index is -1.58. The van der Waals surface area contributed by atoms with Crippen molar-refractivity contribution in [3.63, 3.8) is 0 Å². The fraction of sp³-hybridized carbons (Fsp3) is 0.794. The van der Waals surface area contributed by atoms with Crippen molar-refractivity contribution in [2.24, 2.45) is 41.4 Å². The molecule has 11 amide bonds.